The zero-order valence-electron chi connectivity index (χ0n) is 25.0. The van der Waals surface area contributed by atoms with Crippen LogP contribution in [-0.4, -0.2) is 46.9 Å². The van der Waals surface area contributed by atoms with E-state index >= 15 is 0 Å². The number of aromatic nitrogens is 3. The number of fused-ring (bicyclic) bond motifs is 7. The third-order valence-corrected chi connectivity index (χ3v) is 8.42. The summed E-state index contributed by atoms with van der Waals surface area (Å²) in [5, 5.41) is 9.47. The summed E-state index contributed by atoms with van der Waals surface area (Å²) in [6.07, 6.45) is 3.12. The summed E-state index contributed by atoms with van der Waals surface area (Å²) in [4.78, 5) is 22.1. The number of rotatable bonds is 5. The average molecular weight is 601 g/mol. The first-order valence-corrected chi connectivity index (χ1v) is 15.1. The number of hydrogen-bond acceptors (Lipinski definition) is 8. The molecular formula is C36H32N4O5. The molecule has 3 aromatic carbocycles. The van der Waals surface area contributed by atoms with Gasteiger partial charge in [0.25, 0.3) is 0 Å². The number of methoxy groups -OCH3 is 1. The number of hydrogen-bond donors (Lipinski definition) is 0. The van der Waals surface area contributed by atoms with Crippen molar-refractivity contribution in [3.8, 4) is 29.0 Å². The van der Waals surface area contributed by atoms with Crippen LogP contribution in [0.2, 0.25) is 0 Å². The number of benzene rings is 3. The Morgan fingerprint density at radius 1 is 1.02 bits per heavy atom. The minimum absolute atomic E-state index is 0.101. The van der Waals surface area contributed by atoms with Crippen molar-refractivity contribution in [2.75, 3.05) is 20.3 Å². The summed E-state index contributed by atoms with van der Waals surface area (Å²) < 4.78 is 25.5. The van der Waals surface area contributed by atoms with E-state index in [0.29, 0.717) is 43.2 Å². The second-order valence-electron chi connectivity index (χ2n) is 11.3. The largest absolute Gasteiger partial charge is 0.493 e. The normalized spacial score (nSPS) is 15.9. The number of nitrogens with zero attached hydrogens (tertiary/aromatic N) is 4. The lowest BCUT2D eigenvalue weighted by atomic mass is 10.0. The second-order valence-corrected chi connectivity index (χ2v) is 11.3. The Bertz CT molecular complexity index is 1940. The Morgan fingerprint density at radius 3 is 2.76 bits per heavy atom. The van der Waals surface area contributed by atoms with Gasteiger partial charge in [-0.2, -0.15) is 5.26 Å². The van der Waals surface area contributed by atoms with Gasteiger partial charge in [-0.05, 0) is 72.9 Å². The SMILES string of the molecule is COC(=O)c1ccc2nc(Cc3ccc4cc3OCCCc3cc(C#N)ccc3COc3cccc-4n3)n(C[C@@H]3CCO3)c2c1. The molecule has 0 saturated carbocycles. The zero-order valence-corrected chi connectivity index (χ0v) is 25.0. The summed E-state index contributed by atoms with van der Waals surface area (Å²) in [5.41, 5.74) is 7.58. The monoisotopic (exact) mass is 600 g/mol. The Labute approximate surface area is 261 Å². The quantitative estimate of drug-likeness (QED) is 0.225. The molecule has 0 aliphatic carbocycles. The van der Waals surface area contributed by atoms with E-state index in [1.807, 2.05) is 54.6 Å². The molecule has 5 aromatic rings. The number of ether oxygens (including phenoxy) is 4. The lowest BCUT2D eigenvalue weighted by Crippen LogP contribution is -2.31. The van der Waals surface area contributed by atoms with E-state index in [2.05, 4.69) is 22.8 Å². The standard InChI is InChI=1S/C36H32N4O5/c1-42-36(41)27-11-12-31-32(17-27)40(21-29-13-15-43-29)34(38-31)19-26-10-9-25-18-33(26)44-14-3-4-24-16-23(20-37)7-8-28(24)22-45-35-6-2-5-30(25)39-35/h2,5-12,16-18,29H,3-4,13-15,19,21-22H2,1H3/t29-/m0/s1. The van der Waals surface area contributed by atoms with Crippen LogP contribution in [0.1, 0.15) is 51.3 Å². The van der Waals surface area contributed by atoms with Crippen LogP contribution in [0.4, 0.5) is 0 Å². The molecule has 1 atom stereocenters. The first kappa shape index (κ1) is 28.6. The summed E-state index contributed by atoms with van der Waals surface area (Å²) in [6, 6.07) is 25.3. The van der Waals surface area contributed by atoms with E-state index in [0.717, 1.165) is 76.4 Å². The highest BCUT2D eigenvalue weighted by Crippen LogP contribution is 2.32. The average Bonchev–Trinajstić information content (AvgIpc) is 3.39. The molecule has 9 nitrogen and oxygen atoms in total. The lowest BCUT2D eigenvalue weighted by molar-refractivity contribution is -0.0589. The number of pyridine rings is 1. The number of esters is 1. The minimum Gasteiger partial charge on any atom is -0.493 e. The molecule has 4 heterocycles. The van der Waals surface area contributed by atoms with Gasteiger partial charge in [0.15, 0.2) is 0 Å². The maximum Gasteiger partial charge on any atom is 0.337 e. The summed E-state index contributed by atoms with van der Waals surface area (Å²) >= 11 is 0. The van der Waals surface area contributed by atoms with Crippen LogP contribution in [-0.2, 0) is 35.5 Å². The molecule has 0 radical (unpaired) electrons. The number of nitriles is 1. The fourth-order valence-electron chi connectivity index (χ4n) is 5.87. The van der Waals surface area contributed by atoms with Crippen molar-refractivity contribution in [1.29, 1.82) is 5.26 Å². The van der Waals surface area contributed by atoms with Gasteiger partial charge in [-0.25, -0.2) is 14.8 Å². The van der Waals surface area contributed by atoms with Gasteiger partial charge >= 0.3 is 5.97 Å². The van der Waals surface area contributed by atoms with E-state index in [1.54, 1.807) is 6.07 Å². The first-order valence-electron chi connectivity index (χ1n) is 15.1. The number of carbonyl (C=O) groups excluding carboxylic acids is 1. The number of carbonyl (C=O) groups is 1. The predicted octanol–water partition coefficient (Wildman–Crippen LogP) is 6.04. The Kier molecular flexibility index (Phi) is 7.89. The van der Waals surface area contributed by atoms with Crippen LogP contribution in [0, 0.1) is 11.3 Å². The molecule has 1 saturated heterocycles. The van der Waals surface area contributed by atoms with Gasteiger partial charge in [0.2, 0.25) is 5.88 Å². The summed E-state index contributed by atoms with van der Waals surface area (Å²) in [6.45, 7) is 2.26. The van der Waals surface area contributed by atoms with Crippen LogP contribution in [0.15, 0.2) is 72.8 Å². The van der Waals surface area contributed by atoms with E-state index < -0.39 is 0 Å². The van der Waals surface area contributed by atoms with Gasteiger partial charge < -0.3 is 23.5 Å². The molecule has 0 N–H and O–H groups in total. The van der Waals surface area contributed by atoms with Gasteiger partial charge in [0, 0.05) is 30.2 Å². The Balaban J connectivity index is 1.25. The molecule has 4 bridgehead atoms. The maximum absolute atomic E-state index is 12.3. The molecule has 45 heavy (non-hydrogen) atoms. The van der Waals surface area contributed by atoms with E-state index in [9.17, 15) is 10.1 Å². The molecule has 226 valence electrons. The van der Waals surface area contributed by atoms with E-state index in [1.165, 1.54) is 7.11 Å². The molecule has 2 aromatic heterocycles. The highest BCUT2D eigenvalue weighted by Gasteiger charge is 2.23. The van der Waals surface area contributed by atoms with Gasteiger partial charge in [-0.15, -0.1) is 0 Å². The maximum atomic E-state index is 12.3. The van der Waals surface area contributed by atoms with Crippen LogP contribution in [0.5, 0.6) is 11.6 Å². The second kappa shape index (κ2) is 12.4. The molecular weight excluding hydrogens is 568 g/mol. The zero-order chi connectivity index (χ0) is 30.8. The lowest BCUT2D eigenvalue weighted by Gasteiger charge is -2.27. The van der Waals surface area contributed by atoms with Gasteiger partial charge in [0.1, 0.15) is 18.2 Å². The van der Waals surface area contributed by atoms with Crippen molar-refractivity contribution < 1.29 is 23.7 Å². The third-order valence-electron chi connectivity index (χ3n) is 8.42. The fourth-order valence-corrected chi connectivity index (χ4v) is 5.87. The van der Waals surface area contributed by atoms with E-state index in [4.69, 9.17) is 28.9 Å². The van der Waals surface area contributed by atoms with Crippen molar-refractivity contribution in [3.05, 3.63) is 106 Å². The molecule has 7 rings (SSSR count). The first-order chi connectivity index (χ1) is 22.1. The van der Waals surface area contributed by atoms with Crippen molar-refractivity contribution >= 4 is 17.0 Å². The number of aryl methyl sites for hydroxylation is 1. The third kappa shape index (κ3) is 5.97. The molecule has 0 unspecified atom stereocenters. The van der Waals surface area contributed by atoms with Gasteiger partial charge in [-0.3, -0.25) is 0 Å². The fraction of sp³-hybridized carbons (Fsp3) is 0.278. The molecule has 2 aliphatic rings. The molecule has 0 spiro atoms. The van der Waals surface area contributed by atoms with E-state index in [-0.39, 0.29) is 12.1 Å². The smallest absolute Gasteiger partial charge is 0.337 e. The molecule has 2 aliphatic heterocycles. The molecule has 1 fully saturated rings. The number of imidazole rings is 1. The summed E-state index contributed by atoms with van der Waals surface area (Å²) in [5.74, 6) is 1.77. The Morgan fingerprint density at radius 2 is 1.93 bits per heavy atom. The topological polar surface area (TPSA) is 108 Å². The highest BCUT2D eigenvalue weighted by atomic mass is 16.5. The predicted molar refractivity (Wildman–Crippen MR) is 167 cm³/mol. The molecule has 9 heteroatoms. The van der Waals surface area contributed by atoms with Gasteiger partial charge in [-0.1, -0.05) is 24.3 Å². The van der Waals surface area contributed by atoms with Crippen molar-refractivity contribution in [2.24, 2.45) is 0 Å². The highest BCUT2D eigenvalue weighted by molar-refractivity contribution is 5.93. The van der Waals surface area contributed by atoms with Crippen molar-refractivity contribution in [3.63, 3.8) is 0 Å². The van der Waals surface area contributed by atoms with Crippen molar-refractivity contribution in [1.82, 2.24) is 14.5 Å². The van der Waals surface area contributed by atoms with Crippen LogP contribution < -0.4 is 9.47 Å². The van der Waals surface area contributed by atoms with Crippen molar-refractivity contribution in [2.45, 2.75) is 44.9 Å². The Hall–Kier alpha value is -5.20. The minimum atomic E-state index is -0.383. The molecule has 0 amide bonds. The van der Waals surface area contributed by atoms with Gasteiger partial charge in [0.05, 0.1) is 60.3 Å². The van der Waals surface area contributed by atoms with Crippen LogP contribution in [0.3, 0.4) is 0 Å². The van der Waals surface area contributed by atoms with Crippen LogP contribution >= 0.6 is 0 Å². The van der Waals surface area contributed by atoms with Crippen LogP contribution in [0.25, 0.3) is 22.3 Å². The summed E-state index contributed by atoms with van der Waals surface area (Å²) in [7, 11) is 1.38.